The number of nitrogens with zero attached hydrogens (tertiary/aromatic N) is 1. The SMILES string of the molecule is O=C(CC1NC(=O)NC1=O)NCCCc1nc2ccc(F)cc2[nH]1. The van der Waals surface area contributed by atoms with Gasteiger partial charge in [0.05, 0.1) is 17.5 Å². The zero-order chi connectivity index (χ0) is 17.1. The molecule has 2 heterocycles. The Balaban J connectivity index is 1.42. The van der Waals surface area contributed by atoms with Crippen molar-refractivity contribution in [2.45, 2.75) is 25.3 Å². The van der Waals surface area contributed by atoms with E-state index in [0.717, 1.165) is 0 Å². The van der Waals surface area contributed by atoms with E-state index < -0.39 is 18.0 Å². The van der Waals surface area contributed by atoms with E-state index in [9.17, 15) is 18.8 Å². The molecule has 1 unspecified atom stereocenters. The maximum Gasteiger partial charge on any atom is 0.322 e. The van der Waals surface area contributed by atoms with Crippen LogP contribution >= 0.6 is 0 Å². The van der Waals surface area contributed by atoms with Crippen molar-refractivity contribution < 1.29 is 18.8 Å². The lowest BCUT2D eigenvalue weighted by molar-refractivity contribution is -0.126. The lowest BCUT2D eigenvalue weighted by Crippen LogP contribution is -2.36. The van der Waals surface area contributed by atoms with Gasteiger partial charge >= 0.3 is 6.03 Å². The van der Waals surface area contributed by atoms with Crippen LogP contribution in [0.1, 0.15) is 18.7 Å². The summed E-state index contributed by atoms with van der Waals surface area (Å²) in [6.07, 6.45) is 1.13. The van der Waals surface area contributed by atoms with Crippen molar-refractivity contribution in [1.29, 1.82) is 0 Å². The number of halogens is 1. The molecule has 1 saturated heterocycles. The second-order valence-electron chi connectivity index (χ2n) is 5.52. The summed E-state index contributed by atoms with van der Waals surface area (Å²) in [4.78, 5) is 41.4. The predicted molar refractivity (Wildman–Crippen MR) is 82.5 cm³/mol. The van der Waals surface area contributed by atoms with Crippen molar-refractivity contribution in [3.8, 4) is 0 Å². The summed E-state index contributed by atoms with van der Waals surface area (Å²) in [5, 5.41) is 7.12. The predicted octanol–water partition coefficient (Wildman–Crippen LogP) is 0.349. The van der Waals surface area contributed by atoms with E-state index in [1.54, 1.807) is 6.07 Å². The molecule has 4 N–H and O–H groups in total. The molecule has 1 aromatic carbocycles. The van der Waals surface area contributed by atoms with Crippen LogP contribution in [-0.4, -0.2) is 40.4 Å². The van der Waals surface area contributed by atoms with E-state index in [-0.39, 0.29) is 18.1 Å². The summed E-state index contributed by atoms with van der Waals surface area (Å²) in [7, 11) is 0. The lowest BCUT2D eigenvalue weighted by atomic mass is 10.2. The number of imide groups is 1. The number of amides is 4. The first kappa shape index (κ1) is 15.9. The number of imidazole rings is 1. The Kier molecular flexibility index (Phi) is 4.41. The molecule has 8 nitrogen and oxygen atoms in total. The topological polar surface area (TPSA) is 116 Å². The molecule has 0 bridgehead atoms. The van der Waals surface area contributed by atoms with E-state index in [0.29, 0.717) is 36.2 Å². The van der Waals surface area contributed by atoms with Crippen LogP contribution < -0.4 is 16.0 Å². The minimum atomic E-state index is -0.817. The Morgan fingerprint density at radius 1 is 1.33 bits per heavy atom. The number of urea groups is 1. The molecule has 3 rings (SSSR count). The van der Waals surface area contributed by atoms with E-state index >= 15 is 0 Å². The summed E-state index contributed by atoms with van der Waals surface area (Å²) in [5.74, 6) is -0.422. The highest BCUT2D eigenvalue weighted by Crippen LogP contribution is 2.13. The molecule has 0 spiro atoms. The number of hydrogen-bond donors (Lipinski definition) is 4. The second kappa shape index (κ2) is 6.65. The molecular weight excluding hydrogens is 317 g/mol. The van der Waals surface area contributed by atoms with Gasteiger partial charge < -0.3 is 15.6 Å². The highest BCUT2D eigenvalue weighted by Gasteiger charge is 2.30. The third-order valence-corrected chi connectivity index (χ3v) is 3.65. The van der Waals surface area contributed by atoms with Crippen molar-refractivity contribution in [3.63, 3.8) is 0 Å². The molecule has 4 amide bonds. The Morgan fingerprint density at radius 3 is 2.92 bits per heavy atom. The van der Waals surface area contributed by atoms with Gasteiger partial charge in [0.15, 0.2) is 0 Å². The summed E-state index contributed by atoms with van der Waals surface area (Å²) in [5.41, 5.74) is 1.33. The number of hydrogen-bond acceptors (Lipinski definition) is 4. The Morgan fingerprint density at radius 2 is 2.17 bits per heavy atom. The van der Waals surface area contributed by atoms with Crippen LogP contribution in [0.15, 0.2) is 18.2 Å². The lowest BCUT2D eigenvalue weighted by Gasteiger charge is -2.07. The summed E-state index contributed by atoms with van der Waals surface area (Å²) >= 11 is 0. The first-order valence-electron chi connectivity index (χ1n) is 7.53. The van der Waals surface area contributed by atoms with Crippen LogP contribution in [0.5, 0.6) is 0 Å². The summed E-state index contributed by atoms with van der Waals surface area (Å²) < 4.78 is 13.1. The van der Waals surface area contributed by atoms with E-state index in [1.807, 2.05) is 0 Å². The number of rotatable bonds is 6. The zero-order valence-electron chi connectivity index (χ0n) is 12.7. The second-order valence-corrected chi connectivity index (χ2v) is 5.52. The van der Waals surface area contributed by atoms with Gasteiger partial charge in [0.2, 0.25) is 5.91 Å². The number of aromatic amines is 1. The van der Waals surface area contributed by atoms with Gasteiger partial charge in [0.1, 0.15) is 17.7 Å². The highest BCUT2D eigenvalue weighted by molar-refractivity contribution is 6.05. The van der Waals surface area contributed by atoms with Crippen LogP contribution in [0, 0.1) is 5.82 Å². The van der Waals surface area contributed by atoms with Crippen molar-refractivity contribution in [2.24, 2.45) is 0 Å². The van der Waals surface area contributed by atoms with E-state index in [1.165, 1.54) is 12.1 Å². The van der Waals surface area contributed by atoms with Crippen LogP contribution in [-0.2, 0) is 16.0 Å². The van der Waals surface area contributed by atoms with Gasteiger partial charge in [0, 0.05) is 13.0 Å². The maximum atomic E-state index is 13.1. The largest absolute Gasteiger partial charge is 0.356 e. The fourth-order valence-corrected chi connectivity index (χ4v) is 2.50. The monoisotopic (exact) mass is 333 g/mol. The molecule has 0 radical (unpaired) electrons. The van der Waals surface area contributed by atoms with Gasteiger partial charge in [-0.25, -0.2) is 14.2 Å². The van der Waals surface area contributed by atoms with Gasteiger partial charge in [-0.05, 0) is 24.6 Å². The number of aryl methyl sites for hydroxylation is 1. The molecule has 1 fully saturated rings. The molecule has 126 valence electrons. The molecule has 1 aromatic heterocycles. The molecule has 1 aliphatic rings. The van der Waals surface area contributed by atoms with Crippen LogP contribution in [0.4, 0.5) is 9.18 Å². The molecule has 24 heavy (non-hydrogen) atoms. The molecule has 9 heteroatoms. The first-order chi connectivity index (χ1) is 11.5. The quantitative estimate of drug-likeness (QED) is 0.451. The summed E-state index contributed by atoms with van der Waals surface area (Å²) in [6.45, 7) is 0.409. The number of nitrogens with one attached hydrogen (secondary N) is 4. The third kappa shape index (κ3) is 3.67. The third-order valence-electron chi connectivity index (χ3n) is 3.65. The Bertz CT molecular complexity index is 804. The van der Waals surface area contributed by atoms with Crippen molar-refractivity contribution in [3.05, 3.63) is 29.8 Å². The molecule has 1 atom stereocenters. The molecular formula is C15H16FN5O3. The van der Waals surface area contributed by atoms with E-state index in [4.69, 9.17) is 0 Å². The van der Waals surface area contributed by atoms with Crippen LogP contribution in [0.2, 0.25) is 0 Å². The highest BCUT2D eigenvalue weighted by atomic mass is 19.1. The van der Waals surface area contributed by atoms with Gasteiger partial charge in [0.25, 0.3) is 5.91 Å². The van der Waals surface area contributed by atoms with Crippen molar-refractivity contribution >= 4 is 28.9 Å². The number of carbonyl (C=O) groups excluding carboxylic acids is 3. The first-order valence-corrected chi connectivity index (χ1v) is 7.53. The van der Waals surface area contributed by atoms with Crippen molar-refractivity contribution in [2.75, 3.05) is 6.54 Å². The molecule has 0 saturated carbocycles. The zero-order valence-corrected chi connectivity index (χ0v) is 12.7. The van der Waals surface area contributed by atoms with Crippen LogP contribution in [0.3, 0.4) is 0 Å². The fourth-order valence-electron chi connectivity index (χ4n) is 2.50. The number of fused-ring (bicyclic) bond motifs is 1. The molecule has 1 aliphatic heterocycles. The summed E-state index contributed by atoms with van der Waals surface area (Å²) in [6, 6.07) is 2.94. The van der Waals surface area contributed by atoms with Gasteiger partial charge in [-0.2, -0.15) is 0 Å². The number of carbonyl (C=O) groups is 3. The maximum absolute atomic E-state index is 13.1. The number of aromatic nitrogens is 2. The minimum Gasteiger partial charge on any atom is -0.356 e. The molecule has 0 aliphatic carbocycles. The minimum absolute atomic E-state index is 0.0957. The van der Waals surface area contributed by atoms with E-state index in [2.05, 4.69) is 25.9 Å². The Hall–Kier alpha value is -2.97. The van der Waals surface area contributed by atoms with Crippen LogP contribution in [0.25, 0.3) is 11.0 Å². The Labute approximate surface area is 136 Å². The van der Waals surface area contributed by atoms with Crippen molar-refractivity contribution in [1.82, 2.24) is 25.9 Å². The smallest absolute Gasteiger partial charge is 0.322 e. The average molecular weight is 333 g/mol. The van der Waals surface area contributed by atoms with Gasteiger partial charge in [-0.1, -0.05) is 0 Å². The van der Waals surface area contributed by atoms with Gasteiger partial charge in [-0.15, -0.1) is 0 Å². The number of benzene rings is 1. The molecule has 2 aromatic rings. The fraction of sp³-hybridized carbons (Fsp3) is 0.333. The standard InChI is InChI=1S/C15H16FN5O3/c16-8-3-4-9-10(6-8)19-12(18-9)2-1-5-17-13(22)7-11-14(23)21-15(24)20-11/h3-4,6,11H,1-2,5,7H2,(H,17,22)(H,18,19)(H2,20,21,23,24). The average Bonchev–Trinajstić information content (AvgIpc) is 3.06. The van der Waals surface area contributed by atoms with Gasteiger partial charge in [-0.3, -0.25) is 14.9 Å². The number of H-pyrrole nitrogens is 1. The normalized spacial score (nSPS) is 17.0.